The quantitative estimate of drug-likeness (QED) is 0.268. The van der Waals surface area contributed by atoms with Crippen molar-refractivity contribution in [1.82, 2.24) is 4.98 Å². The minimum atomic E-state index is -0.752. The summed E-state index contributed by atoms with van der Waals surface area (Å²) in [5.41, 5.74) is 1.49. The molecule has 0 bridgehead atoms. The number of rotatable bonds is 8. The summed E-state index contributed by atoms with van der Waals surface area (Å²) in [6, 6.07) is 13.6. The monoisotopic (exact) mass is 533 g/mol. The summed E-state index contributed by atoms with van der Waals surface area (Å²) in [7, 11) is 3.57. The standard InChI is InChI=1S/C28H25F2N5O4/c1-16(36)15-38-26-12-24-21(10-17(26)13-31)27(25(14-32-24)35(2)3)39-20-8-9-23(22(30)11-20)34-28(37)33-19-6-4-18(29)5-7-19/h4-12,14,16,36H,15H2,1-3H3,(H2,33,34,37)/t16-/m1/s1. The Balaban J connectivity index is 1.62. The number of pyridine rings is 1. The van der Waals surface area contributed by atoms with E-state index < -0.39 is 23.8 Å². The average molecular weight is 534 g/mol. The molecule has 1 atom stereocenters. The van der Waals surface area contributed by atoms with Crippen LogP contribution in [-0.2, 0) is 0 Å². The molecule has 0 fully saturated rings. The van der Waals surface area contributed by atoms with Gasteiger partial charge in [-0.05, 0) is 49.4 Å². The van der Waals surface area contributed by atoms with E-state index in [4.69, 9.17) is 9.47 Å². The third kappa shape index (κ3) is 6.49. The molecule has 2 amide bonds. The lowest BCUT2D eigenvalue weighted by molar-refractivity contribution is 0.122. The molecule has 39 heavy (non-hydrogen) atoms. The van der Waals surface area contributed by atoms with E-state index in [9.17, 15) is 23.9 Å². The maximum absolute atomic E-state index is 14.9. The van der Waals surface area contributed by atoms with Crippen LogP contribution in [0.15, 0.2) is 60.8 Å². The fourth-order valence-corrected chi connectivity index (χ4v) is 3.62. The number of benzene rings is 3. The highest BCUT2D eigenvalue weighted by Gasteiger charge is 2.18. The van der Waals surface area contributed by atoms with Crippen molar-refractivity contribution in [2.24, 2.45) is 0 Å². The molecule has 1 heterocycles. The normalized spacial score (nSPS) is 11.4. The maximum atomic E-state index is 14.9. The molecular weight excluding hydrogens is 508 g/mol. The zero-order valence-electron chi connectivity index (χ0n) is 21.3. The van der Waals surface area contributed by atoms with Gasteiger partial charge < -0.3 is 30.1 Å². The highest BCUT2D eigenvalue weighted by Crippen LogP contribution is 2.40. The van der Waals surface area contributed by atoms with Crippen molar-refractivity contribution in [1.29, 1.82) is 5.26 Å². The van der Waals surface area contributed by atoms with Gasteiger partial charge in [-0.3, -0.25) is 4.98 Å². The first-order valence-electron chi connectivity index (χ1n) is 11.8. The van der Waals surface area contributed by atoms with E-state index in [1.165, 1.54) is 36.4 Å². The number of nitrogens with zero attached hydrogens (tertiary/aromatic N) is 3. The van der Waals surface area contributed by atoms with E-state index in [0.717, 1.165) is 6.07 Å². The van der Waals surface area contributed by atoms with Gasteiger partial charge in [-0.2, -0.15) is 5.26 Å². The zero-order valence-corrected chi connectivity index (χ0v) is 21.3. The fraction of sp³-hybridized carbons (Fsp3) is 0.179. The second-order valence-electron chi connectivity index (χ2n) is 8.83. The molecular formula is C28H25F2N5O4. The number of anilines is 3. The van der Waals surface area contributed by atoms with Gasteiger partial charge in [-0.1, -0.05) is 0 Å². The van der Waals surface area contributed by atoms with Crippen molar-refractivity contribution >= 4 is 34.0 Å². The number of fused-ring (bicyclic) bond motifs is 1. The summed E-state index contributed by atoms with van der Waals surface area (Å²) in [4.78, 5) is 18.5. The van der Waals surface area contributed by atoms with Gasteiger partial charge in [0.15, 0.2) is 5.75 Å². The lowest BCUT2D eigenvalue weighted by Crippen LogP contribution is -2.20. The predicted molar refractivity (Wildman–Crippen MR) is 143 cm³/mol. The molecule has 4 aromatic rings. The molecule has 11 heteroatoms. The summed E-state index contributed by atoms with van der Waals surface area (Å²) < 4.78 is 39.6. The third-order valence-corrected chi connectivity index (χ3v) is 5.49. The van der Waals surface area contributed by atoms with Gasteiger partial charge in [0.25, 0.3) is 0 Å². The van der Waals surface area contributed by atoms with E-state index >= 15 is 0 Å². The summed E-state index contributed by atoms with van der Waals surface area (Å²) >= 11 is 0. The molecule has 1 aromatic heterocycles. The number of nitrogens with one attached hydrogen (secondary N) is 2. The Morgan fingerprint density at radius 1 is 1.13 bits per heavy atom. The first-order valence-corrected chi connectivity index (χ1v) is 11.8. The zero-order chi connectivity index (χ0) is 28.1. The number of halogens is 2. The first kappa shape index (κ1) is 27.1. The van der Waals surface area contributed by atoms with Gasteiger partial charge in [0.05, 0.1) is 34.8 Å². The van der Waals surface area contributed by atoms with Gasteiger partial charge in [0, 0.05) is 37.3 Å². The van der Waals surface area contributed by atoms with E-state index in [-0.39, 0.29) is 29.4 Å². The highest BCUT2D eigenvalue weighted by molar-refractivity contribution is 6.00. The molecule has 3 aromatic carbocycles. The van der Waals surface area contributed by atoms with Crippen LogP contribution in [0.1, 0.15) is 12.5 Å². The maximum Gasteiger partial charge on any atom is 0.323 e. The van der Waals surface area contributed by atoms with Gasteiger partial charge >= 0.3 is 6.03 Å². The Morgan fingerprint density at radius 3 is 2.51 bits per heavy atom. The molecule has 0 aliphatic carbocycles. The summed E-state index contributed by atoms with van der Waals surface area (Å²) in [6.45, 7) is 1.57. The number of amides is 2. The number of aromatic nitrogens is 1. The number of hydrogen-bond acceptors (Lipinski definition) is 7. The largest absolute Gasteiger partial charge is 0.489 e. The molecule has 0 radical (unpaired) electrons. The molecule has 200 valence electrons. The van der Waals surface area contributed by atoms with Crippen molar-refractivity contribution in [3.05, 3.63) is 78.0 Å². The molecule has 3 N–H and O–H groups in total. The summed E-state index contributed by atoms with van der Waals surface area (Å²) in [5.74, 6) is -0.463. The van der Waals surface area contributed by atoms with E-state index in [2.05, 4.69) is 21.7 Å². The van der Waals surface area contributed by atoms with Crippen LogP contribution < -0.4 is 25.0 Å². The SMILES string of the molecule is C[C@@H](O)COc1cc2ncc(N(C)C)c(Oc3ccc(NC(=O)Nc4ccc(F)cc4)c(F)c3)c2cc1C#N. The predicted octanol–water partition coefficient (Wildman–Crippen LogP) is 5.65. The average Bonchev–Trinajstić information content (AvgIpc) is 2.89. The smallest absolute Gasteiger partial charge is 0.323 e. The third-order valence-electron chi connectivity index (χ3n) is 5.49. The molecule has 0 aliphatic heterocycles. The molecule has 4 rings (SSSR count). The number of carbonyl (C=O) groups excluding carboxylic acids is 1. The Morgan fingerprint density at radius 2 is 1.87 bits per heavy atom. The van der Waals surface area contributed by atoms with Crippen LogP contribution in [0.4, 0.5) is 30.6 Å². The molecule has 0 saturated carbocycles. The van der Waals surface area contributed by atoms with Gasteiger partial charge in [-0.15, -0.1) is 0 Å². The van der Waals surface area contributed by atoms with Crippen LogP contribution in [0.25, 0.3) is 10.9 Å². The van der Waals surface area contributed by atoms with Crippen molar-refractivity contribution < 1.29 is 28.2 Å². The number of nitriles is 1. The lowest BCUT2D eigenvalue weighted by atomic mass is 10.1. The molecule has 9 nitrogen and oxygen atoms in total. The van der Waals surface area contributed by atoms with Crippen LogP contribution in [0, 0.1) is 23.0 Å². The Bertz CT molecular complexity index is 1550. The number of aliphatic hydroxyl groups excluding tert-OH is 1. The second kappa shape index (κ2) is 11.6. The van der Waals surface area contributed by atoms with Crippen molar-refractivity contribution in [3.63, 3.8) is 0 Å². The van der Waals surface area contributed by atoms with E-state index in [1.807, 2.05) is 0 Å². The second-order valence-corrected chi connectivity index (χ2v) is 8.83. The van der Waals surface area contributed by atoms with Crippen LogP contribution in [0.5, 0.6) is 17.2 Å². The molecule has 0 unspecified atom stereocenters. The lowest BCUT2D eigenvalue weighted by Gasteiger charge is -2.20. The minimum Gasteiger partial charge on any atom is -0.489 e. The Labute approximate surface area is 223 Å². The number of carbonyl (C=O) groups is 1. The van der Waals surface area contributed by atoms with Crippen molar-refractivity contribution in [2.75, 3.05) is 36.2 Å². The number of urea groups is 1. The highest BCUT2D eigenvalue weighted by atomic mass is 19.1. The van der Waals surface area contributed by atoms with Crippen molar-refractivity contribution in [3.8, 4) is 23.3 Å². The van der Waals surface area contributed by atoms with Gasteiger partial charge in [0.1, 0.15) is 35.8 Å². The molecule has 0 aliphatic rings. The van der Waals surface area contributed by atoms with Crippen LogP contribution >= 0.6 is 0 Å². The molecule has 0 saturated heterocycles. The van der Waals surface area contributed by atoms with Gasteiger partial charge in [-0.25, -0.2) is 13.6 Å². The first-order chi connectivity index (χ1) is 18.6. The number of hydrogen-bond donors (Lipinski definition) is 3. The van der Waals surface area contributed by atoms with Gasteiger partial charge in [0.2, 0.25) is 0 Å². The summed E-state index contributed by atoms with van der Waals surface area (Å²) in [6.07, 6.45) is 0.852. The van der Waals surface area contributed by atoms with Crippen LogP contribution in [0.2, 0.25) is 0 Å². The minimum absolute atomic E-state index is 0.000901. The van der Waals surface area contributed by atoms with E-state index in [1.54, 1.807) is 44.2 Å². The number of aliphatic hydroxyl groups is 1. The van der Waals surface area contributed by atoms with Crippen LogP contribution in [-0.4, -0.2) is 42.9 Å². The topological polar surface area (TPSA) is 120 Å². The Kier molecular flexibility index (Phi) is 8.07. The molecule has 0 spiro atoms. The van der Waals surface area contributed by atoms with Crippen LogP contribution in [0.3, 0.4) is 0 Å². The summed E-state index contributed by atoms with van der Waals surface area (Å²) in [5, 5.41) is 24.6. The van der Waals surface area contributed by atoms with Crippen molar-refractivity contribution in [2.45, 2.75) is 13.0 Å². The Hall–Kier alpha value is -4.95. The van der Waals surface area contributed by atoms with E-state index in [0.29, 0.717) is 28.0 Å². The fourth-order valence-electron chi connectivity index (χ4n) is 3.62. The number of ether oxygens (including phenoxy) is 2.